The average molecular weight is 462 g/mol. The van der Waals surface area contributed by atoms with Crippen molar-refractivity contribution in [2.24, 2.45) is 0 Å². The standard InChI is InChI=1S/C25H28F3N2O3/c1-18-10-14-20(15-11-18)29-22(31)8-6-4-2-3-5-7-9-23(32)30-21-16-12-19(13-17-21)24(33)25(26,27)28/h10-17H,1-9H2,(H,29,31)(H,30,32). The van der Waals surface area contributed by atoms with Crippen molar-refractivity contribution >= 4 is 29.0 Å². The molecule has 0 aromatic heterocycles. The second kappa shape index (κ2) is 12.8. The number of hydrogen-bond donors (Lipinski definition) is 2. The predicted octanol–water partition coefficient (Wildman–Crippen LogP) is 6.31. The van der Waals surface area contributed by atoms with E-state index in [1.807, 2.05) is 24.3 Å². The molecule has 0 aliphatic rings. The van der Waals surface area contributed by atoms with Gasteiger partial charge in [-0.2, -0.15) is 13.2 Å². The highest BCUT2D eigenvalue weighted by molar-refractivity contribution is 6.00. The fourth-order valence-electron chi connectivity index (χ4n) is 3.18. The van der Waals surface area contributed by atoms with Gasteiger partial charge in [-0.1, -0.05) is 37.8 Å². The van der Waals surface area contributed by atoms with Gasteiger partial charge in [0, 0.05) is 29.8 Å². The number of nitrogens with one attached hydrogen (secondary N) is 2. The SMILES string of the molecule is [CH2]c1ccc(NC(=O)CCCCCCCCC(=O)Nc2ccc(C(=O)C(F)(F)F)cc2)cc1. The van der Waals surface area contributed by atoms with Crippen molar-refractivity contribution in [3.63, 3.8) is 0 Å². The topological polar surface area (TPSA) is 75.3 Å². The molecular formula is C25H28F3N2O3. The Labute approximate surface area is 191 Å². The molecule has 0 spiro atoms. The number of anilines is 2. The Morgan fingerprint density at radius 1 is 0.667 bits per heavy atom. The van der Waals surface area contributed by atoms with Crippen molar-refractivity contribution in [3.05, 3.63) is 66.6 Å². The minimum atomic E-state index is -4.92. The van der Waals surface area contributed by atoms with E-state index in [2.05, 4.69) is 17.6 Å². The predicted molar refractivity (Wildman–Crippen MR) is 122 cm³/mol. The van der Waals surface area contributed by atoms with Crippen LogP contribution < -0.4 is 10.6 Å². The lowest BCUT2D eigenvalue weighted by Crippen LogP contribution is -2.22. The van der Waals surface area contributed by atoms with Crippen molar-refractivity contribution in [3.8, 4) is 0 Å². The molecular weight excluding hydrogens is 433 g/mol. The quantitative estimate of drug-likeness (QED) is 0.287. The van der Waals surface area contributed by atoms with E-state index < -0.39 is 17.5 Å². The molecule has 0 unspecified atom stereocenters. The summed E-state index contributed by atoms with van der Waals surface area (Å²) in [5, 5.41) is 5.46. The first-order valence-electron chi connectivity index (χ1n) is 10.9. The van der Waals surface area contributed by atoms with E-state index in [-0.39, 0.29) is 11.8 Å². The zero-order valence-corrected chi connectivity index (χ0v) is 18.3. The van der Waals surface area contributed by atoms with E-state index >= 15 is 0 Å². The highest BCUT2D eigenvalue weighted by Gasteiger charge is 2.39. The number of carbonyl (C=O) groups is 3. The highest BCUT2D eigenvalue weighted by atomic mass is 19.4. The third-order valence-electron chi connectivity index (χ3n) is 4.98. The van der Waals surface area contributed by atoms with Crippen LogP contribution in [0.5, 0.6) is 0 Å². The van der Waals surface area contributed by atoms with E-state index in [9.17, 15) is 27.6 Å². The summed E-state index contributed by atoms with van der Waals surface area (Å²) in [5.41, 5.74) is 1.53. The van der Waals surface area contributed by atoms with Gasteiger partial charge in [-0.05, 0) is 61.7 Å². The normalized spacial score (nSPS) is 11.2. The maximum Gasteiger partial charge on any atom is 0.454 e. The summed E-state index contributed by atoms with van der Waals surface area (Å²) in [6, 6.07) is 12.0. The summed E-state index contributed by atoms with van der Waals surface area (Å²) < 4.78 is 37.2. The first-order chi connectivity index (χ1) is 15.6. The molecule has 0 atom stereocenters. The van der Waals surface area contributed by atoms with Crippen LogP contribution in [0, 0.1) is 6.92 Å². The molecule has 0 heterocycles. The van der Waals surface area contributed by atoms with Gasteiger partial charge in [0.15, 0.2) is 0 Å². The van der Waals surface area contributed by atoms with Crippen LogP contribution in [-0.4, -0.2) is 23.8 Å². The first-order valence-corrected chi connectivity index (χ1v) is 10.9. The van der Waals surface area contributed by atoms with Gasteiger partial charge in [0.1, 0.15) is 0 Å². The van der Waals surface area contributed by atoms with Crippen molar-refractivity contribution < 1.29 is 27.6 Å². The third kappa shape index (κ3) is 9.89. The average Bonchev–Trinajstić information content (AvgIpc) is 2.76. The molecule has 5 nitrogen and oxygen atoms in total. The fourth-order valence-corrected chi connectivity index (χ4v) is 3.18. The third-order valence-corrected chi connectivity index (χ3v) is 4.98. The lowest BCUT2D eigenvalue weighted by molar-refractivity contribution is -0.117. The van der Waals surface area contributed by atoms with E-state index in [0.29, 0.717) is 24.9 Å². The van der Waals surface area contributed by atoms with Crippen molar-refractivity contribution in [1.29, 1.82) is 0 Å². The Morgan fingerprint density at radius 2 is 1.06 bits per heavy atom. The molecule has 2 amide bonds. The van der Waals surface area contributed by atoms with Crippen LogP contribution in [0.4, 0.5) is 24.5 Å². The summed E-state index contributed by atoms with van der Waals surface area (Å²) in [5.74, 6) is -2.15. The number of unbranched alkanes of at least 4 members (excludes halogenated alkanes) is 5. The van der Waals surface area contributed by atoms with E-state index in [4.69, 9.17) is 0 Å². The smallest absolute Gasteiger partial charge is 0.326 e. The van der Waals surface area contributed by atoms with Crippen molar-refractivity contribution in [1.82, 2.24) is 0 Å². The number of ketones is 1. The number of rotatable bonds is 12. The maximum atomic E-state index is 12.4. The molecule has 0 bridgehead atoms. The van der Waals surface area contributed by atoms with Gasteiger partial charge in [-0.15, -0.1) is 0 Å². The van der Waals surface area contributed by atoms with E-state index in [1.54, 1.807) is 0 Å². The molecule has 2 N–H and O–H groups in total. The van der Waals surface area contributed by atoms with Crippen LogP contribution in [0.2, 0.25) is 0 Å². The second-order valence-electron chi connectivity index (χ2n) is 7.82. The largest absolute Gasteiger partial charge is 0.454 e. The van der Waals surface area contributed by atoms with Crippen LogP contribution in [0.25, 0.3) is 0 Å². The molecule has 2 aromatic rings. The molecule has 177 valence electrons. The molecule has 0 aliphatic heterocycles. The minimum absolute atomic E-state index is 0.0145. The summed E-state index contributed by atoms with van der Waals surface area (Å²) in [6.45, 7) is 3.80. The Balaban J connectivity index is 1.52. The van der Waals surface area contributed by atoms with Crippen LogP contribution in [-0.2, 0) is 9.59 Å². The summed E-state index contributed by atoms with van der Waals surface area (Å²) in [4.78, 5) is 35.0. The number of hydrogen-bond acceptors (Lipinski definition) is 3. The van der Waals surface area contributed by atoms with Gasteiger partial charge < -0.3 is 10.6 Å². The van der Waals surface area contributed by atoms with E-state index in [0.717, 1.165) is 55.5 Å². The zero-order chi connectivity index (χ0) is 24.3. The van der Waals surface area contributed by atoms with Crippen LogP contribution in [0.15, 0.2) is 48.5 Å². The Bertz CT molecular complexity index is 923. The van der Waals surface area contributed by atoms with Gasteiger partial charge in [-0.3, -0.25) is 14.4 Å². The summed E-state index contributed by atoms with van der Waals surface area (Å²) in [7, 11) is 0. The summed E-state index contributed by atoms with van der Waals surface area (Å²) >= 11 is 0. The van der Waals surface area contributed by atoms with Gasteiger partial charge >= 0.3 is 6.18 Å². The number of carbonyl (C=O) groups excluding carboxylic acids is 3. The molecule has 0 aliphatic carbocycles. The number of halogens is 3. The number of alkyl halides is 3. The zero-order valence-electron chi connectivity index (χ0n) is 18.3. The summed E-state index contributed by atoms with van der Waals surface area (Å²) in [6.07, 6.45) is 1.06. The second-order valence-corrected chi connectivity index (χ2v) is 7.82. The van der Waals surface area contributed by atoms with Gasteiger partial charge in [0.2, 0.25) is 11.8 Å². The molecule has 1 radical (unpaired) electrons. The van der Waals surface area contributed by atoms with Crippen LogP contribution >= 0.6 is 0 Å². The maximum absolute atomic E-state index is 12.4. The Kier molecular flexibility index (Phi) is 10.1. The highest BCUT2D eigenvalue weighted by Crippen LogP contribution is 2.22. The van der Waals surface area contributed by atoms with Crippen LogP contribution in [0.3, 0.4) is 0 Å². The van der Waals surface area contributed by atoms with Gasteiger partial charge in [0.25, 0.3) is 5.78 Å². The van der Waals surface area contributed by atoms with Gasteiger partial charge in [-0.25, -0.2) is 0 Å². The lowest BCUT2D eigenvalue weighted by Gasteiger charge is -2.08. The van der Waals surface area contributed by atoms with Crippen molar-refractivity contribution in [2.45, 2.75) is 57.5 Å². The monoisotopic (exact) mass is 461 g/mol. The molecule has 8 heteroatoms. The Hall–Kier alpha value is -3.16. The Morgan fingerprint density at radius 3 is 1.48 bits per heavy atom. The lowest BCUT2D eigenvalue weighted by atomic mass is 10.1. The first kappa shape index (κ1) is 26.1. The van der Waals surface area contributed by atoms with E-state index in [1.165, 1.54) is 12.1 Å². The molecule has 0 fully saturated rings. The van der Waals surface area contributed by atoms with Crippen LogP contribution in [0.1, 0.15) is 67.3 Å². The molecule has 0 saturated heterocycles. The van der Waals surface area contributed by atoms with Gasteiger partial charge in [0.05, 0.1) is 0 Å². The molecule has 33 heavy (non-hydrogen) atoms. The molecule has 0 saturated carbocycles. The number of Topliss-reactive ketones (excluding diaryl/α,β-unsaturated/α-hetero) is 1. The number of amides is 2. The van der Waals surface area contributed by atoms with Crippen molar-refractivity contribution in [2.75, 3.05) is 10.6 Å². The molecule has 2 aromatic carbocycles. The molecule has 2 rings (SSSR count). The number of benzene rings is 2. The fraction of sp³-hybridized carbons (Fsp3) is 0.360. The minimum Gasteiger partial charge on any atom is -0.326 e.